The summed E-state index contributed by atoms with van der Waals surface area (Å²) in [6.07, 6.45) is 86.4. The summed E-state index contributed by atoms with van der Waals surface area (Å²) in [4.78, 5) is 24.5. The number of unbranched alkanes of at least 4 members (excludes halogenated alkanes) is 49. The van der Waals surface area contributed by atoms with Gasteiger partial charge in [-0.3, -0.25) is 9.59 Å². The fourth-order valence-corrected chi connectivity index (χ4v) is 11.0. The van der Waals surface area contributed by atoms with Crippen molar-refractivity contribution in [2.24, 2.45) is 0 Å². The van der Waals surface area contributed by atoms with Crippen LogP contribution in [0.25, 0.3) is 0 Å². The lowest BCUT2D eigenvalue weighted by Crippen LogP contribution is -2.45. The standard InChI is InChI=1S/C72H137NO5/c1-3-5-7-9-11-13-15-40-44-48-52-56-60-64-70(75)69(68-74)73-71(76)65-61-57-53-49-45-42-38-36-34-32-30-28-26-24-22-20-18-17-19-21-23-25-27-29-31-33-35-37-39-43-47-51-55-59-63-67-78-72(77)66-62-58-54-50-46-41-16-14-12-10-8-6-4-2/h8,10,14,16,19,21,69-70,74-75H,3-7,9,11-13,15,17-18,20,22-68H2,1-2H3,(H,73,76)/b10-8-,16-14-,21-19-. The number of rotatable bonds is 66. The summed E-state index contributed by atoms with van der Waals surface area (Å²) in [6, 6.07) is -0.538. The van der Waals surface area contributed by atoms with E-state index in [1.807, 2.05) is 0 Å². The van der Waals surface area contributed by atoms with Crippen LogP contribution in [0.5, 0.6) is 0 Å². The van der Waals surface area contributed by atoms with Crippen LogP contribution in [-0.2, 0) is 14.3 Å². The molecular formula is C72H137NO5. The van der Waals surface area contributed by atoms with Gasteiger partial charge in [0.1, 0.15) is 0 Å². The van der Waals surface area contributed by atoms with E-state index >= 15 is 0 Å². The van der Waals surface area contributed by atoms with Gasteiger partial charge in [0.25, 0.3) is 0 Å². The van der Waals surface area contributed by atoms with Crippen LogP contribution in [0.1, 0.15) is 386 Å². The molecule has 6 heteroatoms. The number of allylic oxidation sites excluding steroid dienone is 6. The summed E-state index contributed by atoms with van der Waals surface area (Å²) in [5, 5.41) is 23.3. The molecule has 0 bridgehead atoms. The minimum absolute atomic E-state index is 0.00495. The van der Waals surface area contributed by atoms with Crippen molar-refractivity contribution in [1.29, 1.82) is 0 Å². The van der Waals surface area contributed by atoms with Gasteiger partial charge < -0.3 is 20.3 Å². The van der Waals surface area contributed by atoms with E-state index in [0.717, 1.165) is 51.4 Å². The SMILES string of the molecule is CCC/C=C\C/C=C\CCCCCCCC(=O)OCCCCCCCCCCCCCCCC/C=C\CCCCCCCCCCCCCCCCCCCC(=O)NC(CO)C(O)CCCCCCCCCCCCCCC. The van der Waals surface area contributed by atoms with Crippen LogP contribution in [-0.4, -0.2) is 47.4 Å². The lowest BCUT2D eigenvalue weighted by molar-refractivity contribution is -0.143. The molecule has 0 aliphatic rings. The van der Waals surface area contributed by atoms with Crippen LogP contribution in [0.3, 0.4) is 0 Å². The number of carbonyl (C=O) groups is 2. The van der Waals surface area contributed by atoms with Crippen molar-refractivity contribution in [3.8, 4) is 0 Å². The van der Waals surface area contributed by atoms with Gasteiger partial charge in [-0.15, -0.1) is 0 Å². The van der Waals surface area contributed by atoms with E-state index in [2.05, 4.69) is 55.6 Å². The average molecular weight is 1100 g/mol. The predicted octanol–water partition coefficient (Wildman–Crippen LogP) is 22.7. The molecule has 0 aromatic carbocycles. The van der Waals surface area contributed by atoms with Gasteiger partial charge >= 0.3 is 5.97 Å². The molecule has 460 valence electrons. The Morgan fingerprint density at radius 3 is 1.04 bits per heavy atom. The van der Waals surface area contributed by atoms with Crippen LogP contribution in [0, 0.1) is 0 Å². The Labute approximate surface area is 487 Å². The van der Waals surface area contributed by atoms with E-state index < -0.39 is 12.1 Å². The van der Waals surface area contributed by atoms with Gasteiger partial charge in [0, 0.05) is 12.8 Å². The number of esters is 1. The van der Waals surface area contributed by atoms with Crippen molar-refractivity contribution >= 4 is 11.9 Å². The number of hydrogen-bond acceptors (Lipinski definition) is 5. The van der Waals surface area contributed by atoms with Gasteiger partial charge in [-0.05, 0) is 77.0 Å². The predicted molar refractivity (Wildman–Crippen MR) is 343 cm³/mol. The van der Waals surface area contributed by atoms with Gasteiger partial charge in [0.05, 0.1) is 25.4 Å². The number of carbonyl (C=O) groups excluding carboxylic acids is 2. The Bertz CT molecular complexity index is 1260. The second kappa shape index (κ2) is 67.6. The summed E-state index contributed by atoms with van der Waals surface area (Å²) in [5.74, 6) is -0.0247. The molecule has 6 nitrogen and oxygen atoms in total. The van der Waals surface area contributed by atoms with Crippen LogP contribution < -0.4 is 5.32 Å². The van der Waals surface area contributed by atoms with Crippen LogP contribution >= 0.6 is 0 Å². The molecule has 3 N–H and O–H groups in total. The average Bonchev–Trinajstić information content (AvgIpc) is 3.44. The first kappa shape index (κ1) is 76.1. The lowest BCUT2D eigenvalue weighted by atomic mass is 10.0. The van der Waals surface area contributed by atoms with E-state index in [-0.39, 0.29) is 18.5 Å². The van der Waals surface area contributed by atoms with Gasteiger partial charge in [-0.25, -0.2) is 0 Å². The maximum atomic E-state index is 12.5. The highest BCUT2D eigenvalue weighted by Gasteiger charge is 2.20. The van der Waals surface area contributed by atoms with E-state index in [9.17, 15) is 19.8 Å². The first-order valence-corrected chi connectivity index (χ1v) is 35.2. The molecule has 0 rings (SSSR count). The highest BCUT2D eigenvalue weighted by atomic mass is 16.5. The van der Waals surface area contributed by atoms with E-state index in [1.165, 1.54) is 302 Å². The molecule has 0 aliphatic carbocycles. The first-order chi connectivity index (χ1) is 38.5. The summed E-state index contributed by atoms with van der Waals surface area (Å²) in [6.45, 7) is 4.91. The Balaban J connectivity index is 3.33. The molecule has 1 amide bonds. The molecule has 0 aliphatic heterocycles. The second-order valence-corrected chi connectivity index (χ2v) is 24.2. The molecule has 0 saturated carbocycles. The monoisotopic (exact) mass is 1100 g/mol. The normalized spacial score (nSPS) is 12.7. The molecule has 0 aromatic rings. The quantitative estimate of drug-likeness (QED) is 0.0320. The fourth-order valence-electron chi connectivity index (χ4n) is 11.0. The van der Waals surface area contributed by atoms with Crippen LogP contribution in [0.4, 0.5) is 0 Å². The zero-order valence-corrected chi connectivity index (χ0v) is 52.7. The molecule has 0 heterocycles. The van der Waals surface area contributed by atoms with Gasteiger partial charge in [-0.1, -0.05) is 333 Å². The molecule has 0 saturated heterocycles. The van der Waals surface area contributed by atoms with E-state index in [1.54, 1.807) is 0 Å². The third-order valence-electron chi connectivity index (χ3n) is 16.4. The number of aliphatic hydroxyl groups excluding tert-OH is 2. The lowest BCUT2D eigenvalue weighted by Gasteiger charge is -2.22. The second-order valence-electron chi connectivity index (χ2n) is 24.2. The van der Waals surface area contributed by atoms with Crippen LogP contribution in [0.15, 0.2) is 36.5 Å². The minimum Gasteiger partial charge on any atom is -0.466 e. The summed E-state index contributed by atoms with van der Waals surface area (Å²) in [7, 11) is 0. The smallest absolute Gasteiger partial charge is 0.305 e. The van der Waals surface area contributed by atoms with Crippen molar-refractivity contribution < 1.29 is 24.5 Å². The number of aliphatic hydroxyl groups is 2. The molecule has 2 atom stereocenters. The third kappa shape index (κ3) is 63.3. The van der Waals surface area contributed by atoms with Gasteiger partial charge in [0.2, 0.25) is 5.91 Å². The Kier molecular flexibility index (Phi) is 65.9. The highest BCUT2D eigenvalue weighted by Crippen LogP contribution is 2.19. The number of ether oxygens (including phenoxy) is 1. The summed E-state index contributed by atoms with van der Waals surface area (Å²) >= 11 is 0. The molecule has 0 radical (unpaired) electrons. The Morgan fingerprint density at radius 2 is 0.667 bits per heavy atom. The maximum absolute atomic E-state index is 12.5. The zero-order chi connectivity index (χ0) is 56.4. The molecular weight excluding hydrogens is 959 g/mol. The molecule has 0 spiro atoms. The fraction of sp³-hybridized carbons (Fsp3) is 0.889. The topological polar surface area (TPSA) is 95.9 Å². The number of nitrogens with one attached hydrogen (secondary N) is 1. The van der Waals surface area contributed by atoms with Gasteiger partial charge in [-0.2, -0.15) is 0 Å². The Hall–Kier alpha value is -1.92. The van der Waals surface area contributed by atoms with E-state index in [0.29, 0.717) is 25.9 Å². The van der Waals surface area contributed by atoms with Crippen molar-refractivity contribution in [2.75, 3.05) is 13.2 Å². The molecule has 0 aromatic heterocycles. The number of hydrogen-bond donors (Lipinski definition) is 3. The third-order valence-corrected chi connectivity index (χ3v) is 16.4. The van der Waals surface area contributed by atoms with Crippen molar-refractivity contribution in [3.05, 3.63) is 36.5 Å². The summed E-state index contributed by atoms with van der Waals surface area (Å²) in [5.41, 5.74) is 0. The van der Waals surface area contributed by atoms with E-state index in [4.69, 9.17) is 4.74 Å². The maximum Gasteiger partial charge on any atom is 0.305 e. The molecule has 2 unspecified atom stereocenters. The van der Waals surface area contributed by atoms with Crippen molar-refractivity contribution in [1.82, 2.24) is 5.32 Å². The van der Waals surface area contributed by atoms with Gasteiger partial charge in [0.15, 0.2) is 0 Å². The van der Waals surface area contributed by atoms with Crippen molar-refractivity contribution in [3.63, 3.8) is 0 Å². The highest BCUT2D eigenvalue weighted by molar-refractivity contribution is 5.76. The Morgan fingerprint density at radius 1 is 0.359 bits per heavy atom. The summed E-state index contributed by atoms with van der Waals surface area (Å²) < 4.78 is 5.48. The zero-order valence-electron chi connectivity index (χ0n) is 52.7. The van der Waals surface area contributed by atoms with Crippen LogP contribution in [0.2, 0.25) is 0 Å². The largest absolute Gasteiger partial charge is 0.466 e. The first-order valence-electron chi connectivity index (χ1n) is 35.2. The molecule has 0 fully saturated rings. The molecule has 78 heavy (non-hydrogen) atoms. The van der Waals surface area contributed by atoms with Crippen molar-refractivity contribution in [2.45, 2.75) is 398 Å². The minimum atomic E-state index is -0.661. The number of amides is 1.